The Morgan fingerprint density at radius 2 is 1.96 bits per heavy atom. The van der Waals surface area contributed by atoms with Gasteiger partial charge >= 0.3 is 0 Å². The summed E-state index contributed by atoms with van der Waals surface area (Å²) < 4.78 is 1.91. The second-order valence-corrected chi connectivity index (χ2v) is 7.95. The molecular weight excluding hydrogens is 358 g/mol. The maximum Gasteiger partial charge on any atom is 0.236 e. The van der Waals surface area contributed by atoms with E-state index in [0.717, 1.165) is 29.5 Å². The Morgan fingerprint density at radius 3 is 2.74 bits per heavy atom. The summed E-state index contributed by atoms with van der Waals surface area (Å²) in [4.78, 5) is 19.0. The van der Waals surface area contributed by atoms with E-state index in [1.54, 1.807) is 12.4 Å². The smallest absolute Gasteiger partial charge is 0.236 e. The van der Waals surface area contributed by atoms with Gasteiger partial charge in [-0.2, -0.15) is 0 Å². The number of carbonyl (C=O) groups is 1. The average molecular weight is 379 g/mol. The van der Waals surface area contributed by atoms with Gasteiger partial charge in [0, 0.05) is 38.1 Å². The second kappa shape index (κ2) is 7.52. The number of carbonyl (C=O) groups excluding carboxylic acids is 1. The van der Waals surface area contributed by atoms with Crippen molar-refractivity contribution in [3.63, 3.8) is 0 Å². The molecular formula is C20H21N5OS. The minimum Gasteiger partial charge on any atom is -0.337 e. The largest absolute Gasteiger partial charge is 0.337 e. The quantitative estimate of drug-likeness (QED) is 0.652. The van der Waals surface area contributed by atoms with Crippen LogP contribution in [0.15, 0.2) is 53.9 Å². The molecule has 1 aliphatic heterocycles. The number of nitrogens with zero attached hydrogens (tertiary/aromatic N) is 5. The third-order valence-electron chi connectivity index (χ3n) is 4.83. The van der Waals surface area contributed by atoms with E-state index in [0.29, 0.717) is 6.54 Å². The number of hydrogen-bond acceptors (Lipinski definition) is 5. The molecule has 4 rings (SSSR count). The molecule has 138 valence electrons. The second-order valence-electron chi connectivity index (χ2n) is 6.65. The number of benzene rings is 1. The minimum atomic E-state index is -0.222. The zero-order chi connectivity index (χ0) is 18.8. The Labute approximate surface area is 162 Å². The Kier molecular flexibility index (Phi) is 4.94. The lowest BCUT2D eigenvalue weighted by atomic mass is 10.00. The fraction of sp³-hybridized carbons (Fsp3) is 0.300. The Balaban J connectivity index is 1.46. The summed E-state index contributed by atoms with van der Waals surface area (Å²) in [5.74, 6) is 0.887. The van der Waals surface area contributed by atoms with Crippen LogP contribution in [0, 0.1) is 0 Å². The van der Waals surface area contributed by atoms with Crippen molar-refractivity contribution in [1.29, 1.82) is 0 Å². The molecule has 0 saturated heterocycles. The standard InChI is InChI=1S/C20H21N5OS/c1-14(19(26)25-11-9-15-6-3-4-7-17(15)13-25)27-20-23-22-18(24(20)2)16-8-5-10-21-12-16/h3-8,10,12,14H,9,11,13H2,1-2H3. The van der Waals surface area contributed by atoms with Gasteiger partial charge in [0.15, 0.2) is 11.0 Å². The van der Waals surface area contributed by atoms with Crippen molar-refractivity contribution in [3.05, 3.63) is 59.9 Å². The molecule has 0 fully saturated rings. The monoisotopic (exact) mass is 379 g/mol. The van der Waals surface area contributed by atoms with Crippen LogP contribution in [-0.2, 0) is 24.8 Å². The first kappa shape index (κ1) is 17.7. The summed E-state index contributed by atoms with van der Waals surface area (Å²) in [6.45, 7) is 3.38. The van der Waals surface area contributed by atoms with Crippen LogP contribution in [0.3, 0.4) is 0 Å². The first-order chi connectivity index (χ1) is 13.1. The van der Waals surface area contributed by atoms with Crippen molar-refractivity contribution in [1.82, 2.24) is 24.6 Å². The maximum absolute atomic E-state index is 12.9. The predicted molar refractivity (Wildman–Crippen MR) is 105 cm³/mol. The summed E-state index contributed by atoms with van der Waals surface area (Å²) in [6.07, 6.45) is 4.40. The zero-order valence-electron chi connectivity index (χ0n) is 15.4. The van der Waals surface area contributed by atoms with Crippen molar-refractivity contribution in [2.24, 2.45) is 7.05 Å². The van der Waals surface area contributed by atoms with Gasteiger partial charge in [-0.05, 0) is 36.6 Å². The fourth-order valence-corrected chi connectivity index (χ4v) is 4.21. The summed E-state index contributed by atoms with van der Waals surface area (Å²) in [6, 6.07) is 12.2. The van der Waals surface area contributed by atoms with Gasteiger partial charge in [-0.15, -0.1) is 10.2 Å². The van der Waals surface area contributed by atoms with Crippen molar-refractivity contribution in [2.45, 2.75) is 30.3 Å². The normalized spacial score (nSPS) is 14.7. The molecule has 7 heteroatoms. The van der Waals surface area contributed by atoms with Gasteiger partial charge in [-0.1, -0.05) is 36.0 Å². The highest BCUT2D eigenvalue weighted by Crippen LogP contribution is 2.27. The summed E-state index contributed by atoms with van der Waals surface area (Å²) >= 11 is 1.45. The van der Waals surface area contributed by atoms with Crippen LogP contribution in [0.25, 0.3) is 11.4 Å². The molecule has 1 atom stereocenters. The number of fused-ring (bicyclic) bond motifs is 1. The molecule has 0 N–H and O–H groups in total. The molecule has 0 radical (unpaired) electrons. The summed E-state index contributed by atoms with van der Waals surface area (Å²) in [5, 5.41) is 9.05. The molecule has 1 amide bonds. The average Bonchev–Trinajstić information content (AvgIpc) is 3.08. The van der Waals surface area contributed by atoms with Gasteiger partial charge in [0.1, 0.15) is 0 Å². The molecule has 1 aliphatic rings. The van der Waals surface area contributed by atoms with Crippen molar-refractivity contribution < 1.29 is 4.79 Å². The molecule has 0 bridgehead atoms. The molecule has 3 heterocycles. The van der Waals surface area contributed by atoms with Crippen molar-refractivity contribution in [2.75, 3.05) is 6.54 Å². The molecule has 3 aromatic rings. The summed E-state index contributed by atoms with van der Waals surface area (Å²) in [5.41, 5.74) is 3.49. The van der Waals surface area contributed by atoms with Gasteiger partial charge < -0.3 is 9.47 Å². The van der Waals surface area contributed by atoms with Crippen LogP contribution in [0.2, 0.25) is 0 Å². The SMILES string of the molecule is CC(Sc1nnc(-c2cccnc2)n1C)C(=O)N1CCc2ccccc2C1. The number of thioether (sulfide) groups is 1. The van der Waals surface area contributed by atoms with Crippen LogP contribution in [-0.4, -0.2) is 42.4 Å². The highest BCUT2D eigenvalue weighted by atomic mass is 32.2. The third kappa shape index (κ3) is 3.60. The van der Waals surface area contributed by atoms with Crippen LogP contribution >= 0.6 is 11.8 Å². The number of aromatic nitrogens is 4. The predicted octanol–water partition coefficient (Wildman–Crippen LogP) is 2.94. The van der Waals surface area contributed by atoms with Gasteiger partial charge in [-0.3, -0.25) is 9.78 Å². The van der Waals surface area contributed by atoms with Crippen molar-refractivity contribution in [3.8, 4) is 11.4 Å². The number of hydrogen-bond donors (Lipinski definition) is 0. The highest BCUT2D eigenvalue weighted by molar-refractivity contribution is 8.00. The lowest BCUT2D eigenvalue weighted by Gasteiger charge is -2.30. The van der Waals surface area contributed by atoms with Crippen molar-refractivity contribution >= 4 is 17.7 Å². The van der Waals surface area contributed by atoms with E-state index >= 15 is 0 Å². The van der Waals surface area contributed by atoms with E-state index in [1.807, 2.05) is 41.6 Å². The van der Waals surface area contributed by atoms with Crippen LogP contribution < -0.4 is 0 Å². The molecule has 6 nitrogen and oxygen atoms in total. The number of rotatable bonds is 4. The molecule has 1 unspecified atom stereocenters. The molecule has 0 saturated carbocycles. The topological polar surface area (TPSA) is 63.9 Å². The van der Waals surface area contributed by atoms with Crippen LogP contribution in [0.5, 0.6) is 0 Å². The van der Waals surface area contributed by atoms with E-state index < -0.39 is 0 Å². The molecule has 0 aliphatic carbocycles. The lowest BCUT2D eigenvalue weighted by molar-refractivity contribution is -0.131. The number of pyridine rings is 1. The lowest BCUT2D eigenvalue weighted by Crippen LogP contribution is -2.40. The van der Waals surface area contributed by atoms with E-state index in [2.05, 4.69) is 33.4 Å². The fourth-order valence-electron chi connectivity index (χ4n) is 3.31. The zero-order valence-corrected chi connectivity index (χ0v) is 16.2. The van der Waals surface area contributed by atoms with Gasteiger partial charge in [0.25, 0.3) is 0 Å². The number of amides is 1. The van der Waals surface area contributed by atoms with E-state index in [4.69, 9.17) is 0 Å². The molecule has 0 spiro atoms. The maximum atomic E-state index is 12.9. The first-order valence-electron chi connectivity index (χ1n) is 8.95. The molecule has 1 aromatic carbocycles. The molecule has 2 aromatic heterocycles. The Morgan fingerprint density at radius 1 is 1.15 bits per heavy atom. The highest BCUT2D eigenvalue weighted by Gasteiger charge is 2.26. The van der Waals surface area contributed by atoms with Gasteiger partial charge in [-0.25, -0.2) is 0 Å². The Bertz CT molecular complexity index is 956. The van der Waals surface area contributed by atoms with E-state index in [9.17, 15) is 4.79 Å². The van der Waals surface area contributed by atoms with E-state index in [1.165, 1.54) is 22.9 Å². The third-order valence-corrected chi connectivity index (χ3v) is 5.95. The van der Waals surface area contributed by atoms with Gasteiger partial charge in [0.2, 0.25) is 5.91 Å². The minimum absolute atomic E-state index is 0.139. The van der Waals surface area contributed by atoms with Crippen LogP contribution in [0.1, 0.15) is 18.1 Å². The van der Waals surface area contributed by atoms with Crippen LogP contribution in [0.4, 0.5) is 0 Å². The Hall–Kier alpha value is -2.67. The first-order valence-corrected chi connectivity index (χ1v) is 9.83. The van der Waals surface area contributed by atoms with E-state index in [-0.39, 0.29) is 11.2 Å². The summed E-state index contributed by atoms with van der Waals surface area (Å²) in [7, 11) is 1.92. The molecule has 27 heavy (non-hydrogen) atoms. The van der Waals surface area contributed by atoms with Gasteiger partial charge in [0.05, 0.1) is 5.25 Å².